The summed E-state index contributed by atoms with van der Waals surface area (Å²) in [5.74, 6) is -0.406. The molecule has 0 saturated carbocycles. The van der Waals surface area contributed by atoms with E-state index < -0.39 is 48.1 Å². The van der Waals surface area contributed by atoms with Gasteiger partial charge in [-0.25, -0.2) is 4.79 Å². The van der Waals surface area contributed by atoms with Gasteiger partial charge in [0.1, 0.15) is 28.6 Å². The Labute approximate surface area is 234 Å². The van der Waals surface area contributed by atoms with E-state index in [0.717, 1.165) is 11.1 Å². The number of aliphatic hydroxyl groups is 2. The lowest BCUT2D eigenvalue weighted by Crippen LogP contribution is -2.41. The lowest BCUT2D eigenvalue weighted by molar-refractivity contribution is -0.121. The first-order valence-corrected chi connectivity index (χ1v) is 13.2. The van der Waals surface area contributed by atoms with Crippen LogP contribution in [0.5, 0.6) is 5.75 Å². The van der Waals surface area contributed by atoms with Crippen LogP contribution >= 0.6 is 11.6 Å². The van der Waals surface area contributed by atoms with Crippen LogP contribution in [-0.4, -0.2) is 79.6 Å². The maximum absolute atomic E-state index is 13.3. The molecule has 11 heteroatoms. The third-order valence-corrected chi connectivity index (χ3v) is 7.95. The van der Waals surface area contributed by atoms with Crippen LogP contribution in [0.25, 0.3) is 0 Å². The van der Waals surface area contributed by atoms with Crippen molar-refractivity contribution < 1.29 is 38.7 Å². The smallest absolute Gasteiger partial charge is 0.404 e. The Kier molecular flexibility index (Phi) is 10.1. The highest BCUT2D eigenvalue weighted by Gasteiger charge is 2.61. The number of benzene rings is 1. The van der Waals surface area contributed by atoms with Crippen molar-refractivity contribution in [2.45, 2.75) is 76.2 Å². The van der Waals surface area contributed by atoms with Crippen LogP contribution in [0.4, 0.5) is 10.5 Å². The molecule has 2 amide bonds. The number of rotatable bonds is 3. The summed E-state index contributed by atoms with van der Waals surface area (Å²) in [6, 6.07) is 3.63. The van der Waals surface area contributed by atoms with Gasteiger partial charge < -0.3 is 39.8 Å². The van der Waals surface area contributed by atoms with Gasteiger partial charge in [-0.15, -0.1) is 0 Å². The maximum atomic E-state index is 13.3. The second-order valence-electron chi connectivity index (χ2n) is 10.4. The Hall–Kier alpha value is -2.63. The summed E-state index contributed by atoms with van der Waals surface area (Å²) >= 11 is 6.57. The average molecular weight is 567 g/mol. The quantitative estimate of drug-likeness (QED) is 0.473. The number of halogens is 1. The second-order valence-corrected chi connectivity index (χ2v) is 10.8. The molecule has 7 unspecified atom stereocenters. The number of ether oxygens (including phenoxy) is 4. The van der Waals surface area contributed by atoms with Crippen molar-refractivity contribution in [1.82, 2.24) is 0 Å². The zero-order valence-electron chi connectivity index (χ0n) is 23.2. The summed E-state index contributed by atoms with van der Waals surface area (Å²) in [6.45, 7) is 5.42. The number of aliphatic hydroxyl groups excluding tert-OH is 2. The first kappa shape index (κ1) is 30.9. The summed E-state index contributed by atoms with van der Waals surface area (Å²) in [6.07, 6.45) is 0.467. The fraction of sp³-hybridized carbons (Fsp3) is 0.571. The number of carbonyl (C=O) groups is 2. The zero-order valence-corrected chi connectivity index (χ0v) is 24.0. The topological polar surface area (TPSA) is 144 Å². The lowest BCUT2D eigenvalue weighted by atomic mass is 9.86. The fourth-order valence-corrected chi connectivity index (χ4v) is 5.38. The molecule has 2 aliphatic rings. The van der Waals surface area contributed by atoms with Crippen LogP contribution in [-0.2, 0) is 25.4 Å². The summed E-state index contributed by atoms with van der Waals surface area (Å²) in [5, 5.41) is 22.3. The Balaban J connectivity index is 2.02. The van der Waals surface area contributed by atoms with Crippen LogP contribution in [0.15, 0.2) is 35.9 Å². The van der Waals surface area contributed by atoms with Crippen LogP contribution in [0.3, 0.4) is 0 Å². The number of methoxy groups -OCH3 is 2. The maximum Gasteiger partial charge on any atom is 0.404 e. The summed E-state index contributed by atoms with van der Waals surface area (Å²) in [7, 11) is 4.57. The van der Waals surface area contributed by atoms with Gasteiger partial charge in [-0.2, -0.15) is 0 Å². The molecule has 216 valence electrons. The van der Waals surface area contributed by atoms with E-state index in [1.165, 1.54) is 19.1 Å². The minimum Gasteiger partial charge on any atom is -0.495 e. The van der Waals surface area contributed by atoms with Gasteiger partial charge in [0.15, 0.2) is 0 Å². The van der Waals surface area contributed by atoms with Crippen molar-refractivity contribution in [2.24, 2.45) is 11.7 Å². The van der Waals surface area contributed by atoms with Crippen molar-refractivity contribution in [3.05, 3.63) is 46.5 Å². The Morgan fingerprint density at radius 3 is 2.59 bits per heavy atom. The average Bonchev–Trinajstić information content (AvgIpc) is 3.58. The number of allylic oxidation sites excluding steroid dienone is 3. The lowest BCUT2D eigenvalue weighted by Gasteiger charge is -2.28. The van der Waals surface area contributed by atoms with Crippen molar-refractivity contribution in [3.8, 4) is 5.75 Å². The fourth-order valence-electron chi connectivity index (χ4n) is 5.07. The molecular weight excluding hydrogens is 528 g/mol. The normalized spacial score (nSPS) is 32.3. The van der Waals surface area contributed by atoms with Crippen LogP contribution < -0.4 is 15.4 Å². The van der Waals surface area contributed by atoms with E-state index in [9.17, 15) is 19.8 Å². The highest BCUT2D eigenvalue weighted by Crippen LogP contribution is 2.47. The molecule has 39 heavy (non-hydrogen) atoms. The molecule has 1 aromatic rings. The van der Waals surface area contributed by atoms with Crippen molar-refractivity contribution >= 4 is 29.3 Å². The minimum absolute atomic E-state index is 0.0213. The number of nitrogens with zero attached hydrogens (tertiary/aromatic N) is 1. The molecule has 0 spiro atoms. The molecular formula is C28H39ClN2O8. The number of primary amides is 1. The van der Waals surface area contributed by atoms with Gasteiger partial charge in [-0.1, -0.05) is 42.3 Å². The van der Waals surface area contributed by atoms with E-state index in [4.69, 9.17) is 36.3 Å². The number of nitrogens with two attached hydrogens (primary N) is 1. The van der Waals surface area contributed by atoms with Gasteiger partial charge in [-0.05, 0) is 38.0 Å². The molecule has 7 atom stereocenters. The highest BCUT2D eigenvalue weighted by atomic mass is 35.5. The predicted molar refractivity (Wildman–Crippen MR) is 147 cm³/mol. The number of amides is 2. The van der Waals surface area contributed by atoms with E-state index in [0.29, 0.717) is 17.9 Å². The molecule has 3 rings (SSSR count). The van der Waals surface area contributed by atoms with Crippen molar-refractivity contribution in [2.75, 3.05) is 26.2 Å². The first-order chi connectivity index (χ1) is 18.3. The van der Waals surface area contributed by atoms with E-state index in [1.807, 2.05) is 25.1 Å². The SMILES string of the molecule is COc1cc2cc(c1Cl)N(C)C(=O)CC(O)C1(C)OC1C(C)C(OC(N)=O)CC(O)C(OC)C=CC=C(C)C2. The van der Waals surface area contributed by atoms with E-state index >= 15 is 0 Å². The van der Waals surface area contributed by atoms with Crippen molar-refractivity contribution in [1.29, 1.82) is 0 Å². The Morgan fingerprint density at radius 2 is 1.97 bits per heavy atom. The molecule has 0 radical (unpaired) electrons. The van der Waals surface area contributed by atoms with Gasteiger partial charge in [0.2, 0.25) is 5.91 Å². The van der Waals surface area contributed by atoms with Gasteiger partial charge in [0.25, 0.3) is 0 Å². The van der Waals surface area contributed by atoms with E-state index in [1.54, 1.807) is 33.0 Å². The van der Waals surface area contributed by atoms with E-state index in [-0.39, 0.29) is 23.8 Å². The minimum atomic E-state index is -1.16. The van der Waals surface area contributed by atoms with E-state index in [2.05, 4.69) is 0 Å². The van der Waals surface area contributed by atoms with Gasteiger partial charge >= 0.3 is 6.09 Å². The number of anilines is 1. The summed E-state index contributed by atoms with van der Waals surface area (Å²) in [4.78, 5) is 26.3. The Morgan fingerprint density at radius 1 is 1.28 bits per heavy atom. The number of hydrogen-bond donors (Lipinski definition) is 3. The third kappa shape index (κ3) is 7.12. The molecule has 10 nitrogen and oxygen atoms in total. The number of hydrogen-bond acceptors (Lipinski definition) is 8. The Bertz CT molecular complexity index is 1130. The number of epoxide rings is 1. The highest BCUT2D eigenvalue weighted by molar-refractivity contribution is 6.35. The zero-order chi connectivity index (χ0) is 29.1. The molecule has 2 heterocycles. The van der Waals surface area contributed by atoms with Gasteiger partial charge in [0.05, 0.1) is 37.5 Å². The summed E-state index contributed by atoms with van der Waals surface area (Å²) in [5.41, 5.74) is 6.55. The van der Waals surface area contributed by atoms with Gasteiger partial charge in [-0.3, -0.25) is 4.79 Å². The molecule has 2 aliphatic heterocycles. The van der Waals surface area contributed by atoms with Crippen LogP contribution in [0.2, 0.25) is 5.02 Å². The second kappa shape index (κ2) is 12.7. The number of fused-ring (bicyclic) bond motifs is 3. The van der Waals surface area contributed by atoms with Crippen molar-refractivity contribution in [3.63, 3.8) is 0 Å². The summed E-state index contributed by atoms with van der Waals surface area (Å²) < 4.78 is 22.2. The van der Waals surface area contributed by atoms with Crippen LogP contribution in [0, 0.1) is 5.92 Å². The molecule has 2 bridgehead atoms. The largest absolute Gasteiger partial charge is 0.495 e. The molecule has 4 N–H and O–H groups in total. The third-order valence-electron chi connectivity index (χ3n) is 7.57. The molecule has 1 fully saturated rings. The number of carbonyl (C=O) groups excluding carboxylic acids is 2. The monoisotopic (exact) mass is 566 g/mol. The molecule has 1 saturated heterocycles. The standard InChI is InChI=1S/C28H39ClN2O8/c1-15-8-7-9-20(36-5)19(32)13-21(38-27(30)35)16(2)26-28(3,39-26)23(33)14-24(34)31(4)18-11-17(10-15)12-22(37-6)25(18)29/h7-9,11-12,16,19-21,23,26,32-33H,10,13-14H2,1-6H3,(H2,30,35). The molecule has 0 aromatic heterocycles. The first-order valence-electron chi connectivity index (χ1n) is 12.8. The predicted octanol–water partition coefficient (Wildman–Crippen LogP) is 3.14. The molecule has 0 aliphatic carbocycles. The van der Waals surface area contributed by atoms with Gasteiger partial charge in [0, 0.05) is 26.5 Å². The van der Waals surface area contributed by atoms with Crippen LogP contribution in [0.1, 0.15) is 39.2 Å². The molecule has 1 aromatic carbocycles.